The van der Waals surface area contributed by atoms with E-state index in [-0.39, 0.29) is 11.7 Å². The van der Waals surface area contributed by atoms with Crippen LogP contribution in [0.5, 0.6) is 0 Å². The van der Waals surface area contributed by atoms with Crippen molar-refractivity contribution in [3.8, 4) is 0 Å². The second-order valence-electron chi connectivity index (χ2n) is 7.59. The van der Waals surface area contributed by atoms with Crippen molar-refractivity contribution in [1.82, 2.24) is 0 Å². The predicted molar refractivity (Wildman–Crippen MR) is 112 cm³/mol. The molecule has 2 atom stereocenters. The van der Waals surface area contributed by atoms with E-state index in [1.165, 1.54) is 23.3 Å². The molecule has 0 heterocycles. The van der Waals surface area contributed by atoms with Crippen LogP contribution in [0, 0.1) is 25.6 Å². The van der Waals surface area contributed by atoms with Crippen LogP contribution in [0.4, 0.5) is 4.39 Å². The molecule has 3 aromatic carbocycles. The zero-order valence-electron chi connectivity index (χ0n) is 16.4. The van der Waals surface area contributed by atoms with E-state index in [9.17, 15) is 9.18 Å². The van der Waals surface area contributed by atoms with Crippen molar-refractivity contribution in [1.29, 1.82) is 0 Å². The van der Waals surface area contributed by atoms with E-state index in [0.717, 1.165) is 17.5 Å². The molecule has 0 bridgehead atoms. The maximum Gasteiger partial charge on any atom is 0.365 e. The molecule has 3 nitrogen and oxygen atoms in total. The molecule has 1 aliphatic carbocycles. The summed E-state index contributed by atoms with van der Waals surface area (Å²) in [5, 5.41) is 4.22. The highest BCUT2D eigenvalue weighted by atomic mass is 19.1. The number of hydrogen-bond acceptors (Lipinski definition) is 3. The summed E-state index contributed by atoms with van der Waals surface area (Å²) in [4.78, 5) is 17.7. The van der Waals surface area contributed by atoms with Gasteiger partial charge in [0.15, 0.2) is 0 Å². The lowest BCUT2D eigenvalue weighted by atomic mass is 10.0. The Morgan fingerprint density at radius 1 is 0.862 bits per heavy atom. The van der Waals surface area contributed by atoms with Crippen LogP contribution in [-0.2, 0) is 4.84 Å². The predicted octanol–water partition coefficient (Wildman–Crippen LogP) is 5.81. The van der Waals surface area contributed by atoms with Crippen LogP contribution in [0.25, 0.3) is 0 Å². The second-order valence-corrected chi connectivity index (χ2v) is 7.59. The van der Waals surface area contributed by atoms with Crippen LogP contribution in [-0.4, -0.2) is 11.7 Å². The third-order valence-corrected chi connectivity index (χ3v) is 5.30. The minimum Gasteiger partial charge on any atom is -0.313 e. The fourth-order valence-corrected chi connectivity index (χ4v) is 3.47. The molecule has 3 aromatic rings. The first-order chi connectivity index (χ1) is 14.0. The molecule has 0 aromatic heterocycles. The van der Waals surface area contributed by atoms with Crippen molar-refractivity contribution >= 4 is 11.7 Å². The smallest absolute Gasteiger partial charge is 0.313 e. The normalized spacial score (nSPS) is 18.4. The fourth-order valence-electron chi connectivity index (χ4n) is 3.47. The summed E-state index contributed by atoms with van der Waals surface area (Å²) in [7, 11) is 0. The lowest BCUT2D eigenvalue weighted by molar-refractivity contribution is 0.0515. The summed E-state index contributed by atoms with van der Waals surface area (Å²) >= 11 is 0. The van der Waals surface area contributed by atoms with Gasteiger partial charge in [-0.3, -0.25) is 0 Å². The van der Waals surface area contributed by atoms with Crippen molar-refractivity contribution in [2.75, 3.05) is 0 Å². The summed E-state index contributed by atoms with van der Waals surface area (Å²) in [6.45, 7) is 4.02. The standard InChI is InChI=1S/C25H22FNO2/c1-16-3-7-18(8-4-16)22-15-23(22)24(19-11-13-21(26)14-12-19)27-29-25(28)20-9-5-17(2)6-10-20/h3-14,22-23H,15H2,1-2H3/b27-24-/t22-,23-/m0/s1. The maximum atomic E-state index is 13.4. The van der Waals surface area contributed by atoms with E-state index >= 15 is 0 Å². The molecule has 0 saturated heterocycles. The number of rotatable bonds is 5. The first-order valence-corrected chi connectivity index (χ1v) is 9.69. The van der Waals surface area contributed by atoms with Gasteiger partial charge in [0.2, 0.25) is 0 Å². The highest BCUT2D eigenvalue weighted by Crippen LogP contribution is 2.49. The van der Waals surface area contributed by atoms with Crippen molar-refractivity contribution in [3.05, 3.63) is 106 Å². The van der Waals surface area contributed by atoms with Crippen LogP contribution in [0.2, 0.25) is 0 Å². The molecule has 1 saturated carbocycles. The Balaban J connectivity index is 1.58. The maximum absolute atomic E-state index is 13.4. The first-order valence-electron chi connectivity index (χ1n) is 9.69. The van der Waals surface area contributed by atoms with Crippen molar-refractivity contribution in [2.24, 2.45) is 11.1 Å². The van der Waals surface area contributed by atoms with E-state index < -0.39 is 5.97 Å². The number of oxime groups is 1. The Morgan fingerprint density at radius 3 is 2.03 bits per heavy atom. The molecule has 4 rings (SSSR count). The Hall–Kier alpha value is -3.27. The lowest BCUT2D eigenvalue weighted by Crippen LogP contribution is -2.09. The van der Waals surface area contributed by atoms with Gasteiger partial charge in [-0.2, -0.15) is 0 Å². The lowest BCUT2D eigenvalue weighted by Gasteiger charge is -2.07. The Bertz CT molecular complexity index is 1040. The zero-order chi connectivity index (χ0) is 20.4. The summed E-state index contributed by atoms with van der Waals surface area (Å²) in [5.74, 6) is -0.362. The molecule has 0 unspecified atom stereocenters. The third-order valence-electron chi connectivity index (χ3n) is 5.30. The molecule has 146 valence electrons. The second kappa shape index (κ2) is 8.00. The highest BCUT2D eigenvalue weighted by Gasteiger charge is 2.43. The average Bonchev–Trinajstić information content (AvgIpc) is 3.51. The zero-order valence-corrected chi connectivity index (χ0v) is 16.4. The van der Waals surface area contributed by atoms with Crippen molar-refractivity contribution in [3.63, 3.8) is 0 Å². The van der Waals surface area contributed by atoms with Gasteiger partial charge in [-0.15, -0.1) is 0 Å². The summed E-state index contributed by atoms with van der Waals surface area (Å²) in [6, 6.07) is 21.7. The van der Waals surface area contributed by atoms with Gasteiger partial charge in [-0.25, -0.2) is 9.18 Å². The van der Waals surface area contributed by atoms with E-state index in [2.05, 4.69) is 36.3 Å². The molecular weight excluding hydrogens is 365 g/mol. The summed E-state index contributed by atoms with van der Waals surface area (Å²) in [6.07, 6.45) is 0.918. The van der Waals surface area contributed by atoms with Gasteiger partial charge >= 0.3 is 5.97 Å². The topological polar surface area (TPSA) is 38.7 Å². The number of aryl methyl sites for hydroxylation is 2. The molecule has 0 aliphatic heterocycles. The minimum absolute atomic E-state index is 0.133. The van der Waals surface area contributed by atoms with Crippen LogP contribution >= 0.6 is 0 Å². The third kappa shape index (κ3) is 4.43. The SMILES string of the molecule is Cc1ccc(C(=O)O/N=C(/c2ccc(F)cc2)[C@H]2C[C@H]2c2ccc(C)cc2)cc1. The van der Waals surface area contributed by atoms with Crippen LogP contribution in [0.15, 0.2) is 78.0 Å². The van der Waals surface area contributed by atoms with E-state index in [0.29, 0.717) is 17.2 Å². The van der Waals surface area contributed by atoms with Gasteiger partial charge in [0.1, 0.15) is 5.82 Å². The number of carbonyl (C=O) groups is 1. The Labute approximate surface area is 169 Å². The van der Waals surface area contributed by atoms with Crippen molar-refractivity contribution < 1.29 is 14.0 Å². The summed E-state index contributed by atoms with van der Waals surface area (Å²) in [5.41, 5.74) is 5.41. The van der Waals surface area contributed by atoms with E-state index in [1.807, 2.05) is 19.1 Å². The number of nitrogens with zero attached hydrogens (tertiary/aromatic N) is 1. The van der Waals surface area contributed by atoms with Gasteiger partial charge in [0.05, 0.1) is 11.3 Å². The first kappa shape index (κ1) is 19.1. The quantitative estimate of drug-likeness (QED) is 0.315. The van der Waals surface area contributed by atoms with E-state index in [4.69, 9.17) is 4.84 Å². The highest BCUT2D eigenvalue weighted by molar-refractivity contribution is 6.04. The van der Waals surface area contributed by atoms with Gasteiger partial charge in [0.25, 0.3) is 0 Å². The molecule has 0 N–H and O–H groups in total. The van der Waals surface area contributed by atoms with Crippen LogP contribution in [0.3, 0.4) is 0 Å². The van der Waals surface area contributed by atoms with Gasteiger partial charge < -0.3 is 4.84 Å². The molecule has 0 spiro atoms. The summed E-state index contributed by atoms with van der Waals surface area (Å²) < 4.78 is 13.4. The largest absolute Gasteiger partial charge is 0.365 e. The Morgan fingerprint density at radius 2 is 1.41 bits per heavy atom. The van der Waals surface area contributed by atoms with Crippen molar-refractivity contribution in [2.45, 2.75) is 26.2 Å². The molecular formula is C25H22FNO2. The van der Waals surface area contributed by atoms with E-state index in [1.54, 1.807) is 24.3 Å². The fraction of sp³-hybridized carbons (Fsp3) is 0.200. The minimum atomic E-state index is -0.503. The molecule has 0 amide bonds. The van der Waals surface area contributed by atoms with Gasteiger partial charge in [0, 0.05) is 5.92 Å². The van der Waals surface area contributed by atoms with Gasteiger partial charge in [-0.05, 0) is 61.6 Å². The van der Waals surface area contributed by atoms with Crippen LogP contribution < -0.4 is 0 Å². The number of benzene rings is 3. The average molecular weight is 387 g/mol. The van der Waals surface area contributed by atoms with Gasteiger partial charge in [-0.1, -0.05) is 64.8 Å². The Kier molecular flexibility index (Phi) is 5.26. The van der Waals surface area contributed by atoms with Crippen LogP contribution in [0.1, 0.15) is 45.0 Å². The number of halogens is 1. The molecule has 4 heteroatoms. The molecule has 29 heavy (non-hydrogen) atoms. The number of carbonyl (C=O) groups excluding carboxylic acids is 1. The molecule has 0 radical (unpaired) electrons. The molecule has 1 fully saturated rings. The molecule has 1 aliphatic rings. The monoisotopic (exact) mass is 387 g/mol. The number of hydrogen-bond donors (Lipinski definition) is 0.